The highest BCUT2D eigenvalue weighted by atomic mass is 16.6. The summed E-state index contributed by atoms with van der Waals surface area (Å²) in [5.74, 6) is 0.676. The molecule has 0 aromatic heterocycles. The SMILES string of the molecule is CC(C)(C)OC(=O)NN(C(=O)OC(C)(C)C)C12CC(C1)C2. The van der Waals surface area contributed by atoms with Crippen LogP contribution in [0.1, 0.15) is 60.8 Å². The average molecular weight is 298 g/mol. The van der Waals surface area contributed by atoms with Gasteiger partial charge in [0.05, 0.1) is 5.54 Å². The van der Waals surface area contributed by atoms with Gasteiger partial charge in [-0.05, 0) is 66.7 Å². The van der Waals surface area contributed by atoms with Crippen LogP contribution in [0.4, 0.5) is 9.59 Å². The van der Waals surface area contributed by atoms with Crippen molar-refractivity contribution < 1.29 is 19.1 Å². The monoisotopic (exact) mass is 298 g/mol. The Labute approximate surface area is 126 Å². The Bertz CT molecular complexity index is 431. The lowest BCUT2D eigenvalue weighted by Crippen LogP contribution is -2.73. The van der Waals surface area contributed by atoms with E-state index in [2.05, 4.69) is 5.43 Å². The predicted molar refractivity (Wildman–Crippen MR) is 77.5 cm³/mol. The number of nitrogens with one attached hydrogen (secondary N) is 1. The maximum atomic E-state index is 12.4. The van der Waals surface area contributed by atoms with Crippen molar-refractivity contribution >= 4 is 12.2 Å². The standard InChI is InChI=1S/C15H26N2O4/c1-13(2,3)20-11(18)16-17(12(19)21-14(4,5)6)15-7-10(8-15)9-15/h10H,7-9H2,1-6H3,(H,16,18). The molecule has 2 amide bonds. The summed E-state index contributed by atoms with van der Waals surface area (Å²) < 4.78 is 10.6. The van der Waals surface area contributed by atoms with Crippen molar-refractivity contribution in [3.05, 3.63) is 0 Å². The van der Waals surface area contributed by atoms with Crippen molar-refractivity contribution in [2.75, 3.05) is 0 Å². The second-order valence-electron chi connectivity index (χ2n) is 8.13. The molecular weight excluding hydrogens is 272 g/mol. The normalized spacial score (nSPS) is 27.0. The number of nitrogens with zero attached hydrogens (tertiary/aromatic N) is 1. The van der Waals surface area contributed by atoms with Gasteiger partial charge in [0, 0.05) is 0 Å². The Hall–Kier alpha value is -1.46. The van der Waals surface area contributed by atoms with Gasteiger partial charge in [0.2, 0.25) is 0 Å². The third-order valence-electron chi connectivity index (χ3n) is 3.66. The number of rotatable bonds is 1. The van der Waals surface area contributed by atoms with Crippen LogP contribution in [0.3, 0.4) is 0 Å². The lowest BCUT2D eigenvalue weighted by molar-refractivity contribution is -0.155. The largest absolute Gasteiger partial charge is 0.443 e. The fourth-order valence-corrected chi connectivity index (χ4v) is 2.76. The third-order valence-corrected chi connectivity index (χ3v) is 3.66. The molecule has 3 aliphatic rings. The molecule has 6 heteroatoms. The van der Waals surface area contributed by atoms with Gasteiger partial charge in [0.25, 0.3) is 0 Å². The highest BCUT2D eigenvalue weighted by molar-refractivity contribution is 5.75. The zero-order valence-electron chi connectivity index (χ0n) is 13.8. The first-order valence-corrected chi connectivity index (χ1v) is 7.43. The number of carbonyl (C=O) groups is 2. The summed E-state index contributed by atoms with van der Waals surface area (Å²) in [6.45, 7) is 10.8. The summed E-state index contributed by atoms with van der Waals surface area (Å²) >= 11 is 0. The van der Waals surface area contributed by atoms with E-state index in [1.807, 2.05) is 0 Å². The highest BCUT2D eigenvalue weighted by Crippen LogP contribution is 2.60. The molecule has 0 heterocycles. The molecule has 6 nitrogen and oxygen atoms in total. The van der Waals surface area contributed by atoms with Gasteiger partial charge in [-0.25, -0.2) is 20.0 Å². The molecule has 0 atom stereocenters. The maximum absolute atomic E-state index is 12.4. The minimum absolute atomic E-state index is 0.274. The van der Waals surface area contributed by atoms with E-state index in [1.54, 1.807) is 41.5 Å². The molecule has 0 saturated heterocycles. The smallest absolute Gasteiger partial charge is 0.429 e. The molecule has 3 aliphatic carbocycles. The van der Waals surface area contributed by atoms with Crippen LogP contribution < -0.4 is 5.43 Å². The molecule has 0 spiro atoms. The number of ether oxygens (including phenoxy) is 2. The number of hydrogen-bond donors (Lipinski definition) is 1. The van der Waals surface area contributed by atoms with E-state index in [0.717, 1.165) is 19.3 Å². The van der Waals surface area contributed by atoms with Crippen molar-refractivity contribution in [1.29, 1.82) is 0 Å². The Morgan fingerprint density at radius 2 is 1.48 bits per heavy atom. The van der Waals surface area contributed by atoms with Gasteiger partial charge < -0.3 is 9.47 Å². The number of carbonyl (C=O) groups excluding carboxylic acids is 2. The van der Waals surface area contributed by atoms with Gasteiger partial charge in [-0.3, -0.25) is 0 Å². The Morgan fingerprint density at radius 3 is 1.81 bits per heavy atom. The zero-order valence-corrected chi connectivity index (χ0v) is 13.8. The van der Waals surface area contributed by atoms with Crippen molar-refractivity contribution in [1.82, 2.24) is 10.4 Å². The quantitative estimate of drug-likeness (QED) is 0.755. The van der Waals surface area contributed by atoms with E-state index in [-0.39, 0.29) is 5.54 Å². The molecule has 1 N–H and O–H groups in total. The molecular formula is C15H26N2O4. The van der Waals surface area contributed by atoms with E-state index < -0.39 is 23.4 Å². The second kappa shape index (κ2) is 4.78. The van der Waals surface area contributed by atoms with Crippen LogP contribution in [-0.4, -0.2) is 33.9 Å². The van der Waals surface area contributed by atoms with Crippen molar-refractivity contribution in [3.8, 4) is 0 Å². The fourth-order valence-electron chi connectivity index (χ4n) is 2.76. The maximum Gasteiger partial charge on any atom is 0.429 e. The topological polar surface area (TPSA) is 67.9 Å². The molecule has 2 bridgehead atoms. The van der Waals surface area contributed by atoms with Crippen molar-refractivity contribution in [2.45, 2.75) is 77.5 Å². The van der Waals surface area contributed by atoms with E-state index >= 15 is 0 Å². The van der Waals surface area contributed by atoms with Gasteiger partial charge in [-0.15, -0.1) is 0 Å². The average Bonchev–Trinajstić information content (AvgIpc) is 2.04. The first-order chi connectivity index (χ1) is 9.40. The molecule has 0 unspecified atom stereocenters. The number of hydrogen-bond acceptors (Lipinski definition) is 4. The van der Waals surface area contributed by atoms with Gasteiger partial charge >= 0.3 is 12.2 Å². The Balaban J connectivity index is 2.03. The lowest BCUT2D eigenvalue weighted by atomic mass is 9.49. The van der Waals surface area contributed by atoms with Gasteiger partial charge in [0.1, 0.15) is 11.2 Å². The molecule has 120 valence electrons. The molecule has 3 saturated carbocycles. The van der Waals surface area contributed by atoms with Gasteiger partial charge in [-0.1, -0.05) is 0 Å². The molecule has 21 heavy (non-hydrogen) atoms. The lowest BCUT2D eigenvalue weighted by Gasteiger charge is -2.64. The molecule has 0 aliphatic heterocycles. The number of hydrazine groups is 1. The van der Waals surface area contributed by atoms with Crippen LogP contribution in [0, 0.1) is 5.92 Å². The first kappa shape index (κ1) is 15.9. The van der Waals surface area contributed by atoms with Gasteiger partial charge in [0.15, 0.2) is 0 Å². The van der Waals surface area contributed by atoms with Crippen LogP contribution >= 0.6 is 0 Å². The van der Waals surface area contributed by atoms with E-state index in [9.17, 15) is 9.59 Å². The van der Waals surface area contributed by atoms with Crippen LogP contribution in [-0.2, 0) is 9.47 Å². The summed E-state index contributed by atoms with van der Waals surface area (Å²) in [5.41, 5.74) is 1.09. The fraction of sp³-hybridized carbons (Fsp3) is 0.867. The summed E-state index contributed by atoms with van der Waals surface area (Å²) in [5, 5.41) is 1.34. The minimum atomic E-state index is -0.627. The minimum Gasteiger partial charge on any atom is -0.443 e. The summed E-state index contributed by atoms with van der Waals surface area (Å²) in [6.07, 6.45) is 1.61. The van der Waals surface area contributed by atoms with Crippen LogP contribution in [0.5, 0.6) is 0 Å². The molecule has 3 fully saturated rings. The van der Waals surface area contributed by atoms with Crippen LogP contribution in [0.2, 0.25) is 0 Å². The summed E-state index contributed by atoms with van der Waals surface area (Å²) in [7, 11) is 0. The Morgan fingerprint density at radius 1 is 1.00 bits per heavy atom. The summed E-state index contributed by atoms with van der Waals surface area (Å²) in [4.78, 5) is 24.3. The second-order valence-corrected chi connectivity index (χ2v) is 8.13. The van der Waals surface area contributed by atoms with Crippen molar-refractivity contribution in [2.24, 2.45) is 5.92 Å². The van der Waals surface area contributed by atoms with E-state index in [0.29, 0.717) is 5.92 Å². The highest BCUT2D eigenvalue weighted by Gasteiger charge is 2.63. The van der Waals surface area contributed by atoms with Crippen molar-refractivity contribution in [3.63, 3.8) is 0 Å². The van der Waals surface area contributed by atoms with Gasteiger partial charge in [-0.2, -0.15) is 0 Å². The number of amides is 2. The van der Waals surface area contributed by atoms with Crippen LogP contribution in [0.25, 0.3) is 0 Å². The predicted octanol–water partition coefficient (Wildman–Crippen LogP) is 3.22. The molecule has 3 rings (SSSR count). The van der Waals surface area contributed by atoms with Crippen LogP contribution in [0.15, 0.2) is 0 Å². The van der Waals surface area contributed by atoms with E-state index in [1.165, 1.54) is 5.01 Å². The first-order valence-electron chi connectivity index (χ1n) is 7.43. The molecule has 0 aromatic rings. The third kappa shape index (κ3) is 3.60. The Kier molecular flexibility index (Phi) is 3.62. The zero-order chi connectivity index (χ0) is 16.1. The summed E-state index contributed by atoms with van der Waals surface area (Å²) in [6, 6.07) is 0. The molecule has 0 radical (unpaired) electrons. The van der Waals surface area contributed by atoms with E-state index in [4.69, 9.17) is 9.47 Å². The molecule has 0 aromatic carbocycles.